The van der Waals surface area contributed by atoms with Gasteiger partial charge in [-0.2, -0.15) is 0 Å². The molecule has 2 N–H and O–H groups in total. The lowest BCUT2D eigenvalue weighted by atomic mass is 9.98. The lowest BCUT2D eigenvalue weighted by molar-refractivity contribution is 0.194. The Kier molecular flexibility index (Phi) is 4.81. The number of benzene rings is 2. The van der Waals surface area contributed by atoms with E-state index in [2.05, 4.69) is 15.3 Å². The first-order valence-corrected chi connectivity index (χ1v) is 7.64. The SMILES string of the molecule is O=C(O)NC[C@@H](c1ccccc1)c1nccc(-c2ccccc2)n1. The highest BCUT2D eigenvalue weighted by Gasteiger charge is 2.18. The topological polar surface area (TPSA) is 75.1 Å². The first kappa shape index (κ1) is 15.7. The molecule has 2 aromatic carbocycles. The van der Waals surface area contributed by atoms with Crippen molar-refractivity contribution in [3.63, 3.8) is 0 Å². The van der Waals surface area contributed by atoms with Gasteiger partial charge in [-0.15, -0.1) is 0 Å². The van der Waals surface area contributed by atoms with Gasteiger partial charge in [-0.05, 0) is 11.6 Å². The Bertz CT molecular complexity index is 807. The summed E-state index contributed by atoms with van der Waals surface area (Å²) in [5.74, 6) is 0.349. The molecule has 0 bridgehead atoms. The number of nitrogens with one attached hydrogen (secondary N) is 1. The van der Waals surface area contributed by atoms with E-state index in [-0.39, 0.29) is 12.5 Å². The zero-order valence-corrected chi connectivity index (χ0v) is 13.0. The summed E-state index contributed by atoms with van der Waals surface area (Å²) in [6.07, 6.45) is 0.650. The van der Waals surface area contributed by atoms with Gasteiger partial charge in [0.05, 0.1) is 11.6 Å². The third-order valence-corrected chi connectivity index (χ3v) is 3.71. The van der Waals surface area contributed by atoms with Gasteiger partial charge in [0.15, 0.2) is 0 Å². The number of nitrogens with zero attached hydrogens (tertiary/aromatic N) is 2. The fourth-order valence-corrected chi connectivity index (χ4v) is 2.54. The summed E-state index contributed by atoms with van der Waals surface area (Å²) in [6.45, 7) is 0.220. The molecule has 24 heavy (non-hydrogen) atoms. The van der Waals surface area contributed by atoms with Crippen molar-refractivity contribution < 1.29 is 9.90 Å². The summed E-state index contributed by atoms with van der Waals surface area (Å²) >= 11 is 0. The van der Waals surface area contributed by atoms with Gasteiger partial charge in [-0.1, -0.05) is 60.7 Å². The van der Waals surface area contributed by atoms with E-state index in [9.17, 15) is 4.79 Å². The average molecular weight is 319 g/mol. The number of amides is 1. The third-order valence-electron chi connectivity index (χ3n) is 3.71. The molecule has 3 rings (SSSR count). The van der Waals surface area contributed by atoms with Crippen molar-refractivity contribution in [1.82, 2.24) is 15.3 Å². The van der Waals surface area contributed by atoms with Crippen LogP contribution in [0.2, 0.25) is 0 Å². The zero-order chi connectivity index (χ0) is 16.8. The highest BCUT2D eigenvalue weighted by Crippen LogP contribution is 2.23. The Morgan fingerprint density at radius 3 is 2.33 bits per heavy atom. The van der Waals surface area contributed by atoms with E-state index < -0.39 is 6.09 Å². The molecule has 0 aliphatic carbocycles. The smallest absolute Gasteiger partial charge is 0.404 e. The second-order valence-corrected chi connectivity index (χ2v) is 5.32. The summed E-state index contributed by atoms with van der Waals surface area (Å²) in [7, 11) is 0. The zero-order valence-electron chi connectivity index (χ0n) is 13.0. The number of rotatable bonds is 5. The Hall–Kier alpha value is -3.21. The largest absolute Gasteiger partial charge is 0.465 e. The van der Waals surface area contributed by atoms with Crippen molar-refractivity contribution in [2.24, 2.45) is 0 Å². The molecule has 1 atom stereocenters. The minimum atomic E-state index is -1.06. The van der Waals surface area contributed by atoms with Gasteiger partial charge in [0.2, 0.25) is 0 Å². The molecular weight excluding hydrogens is 302 g/mol. The first-order chi connectivity index (χ1) is 11.7. The van der Waals surface area contributed by atoms with E-state index in [4.69, 9.17) is 5.11 Å². The van der Waals surface area contributed by atoms with Crippen LogP contribution in [0.5, 0.6) is 0 Å². The second-order valence-electron chi connectivity index (χ2n) is 5.32. The first-order valence-electron chi connectivity index (χ1n) is 7.64. The lowest BCUT2D eigenvalue weighted by Crippen LogP contribution is -2.28. The van der Waals surface area contributed by atoms with Crippen LogP contribution in [0.25, 0.3) is 11.3 Å². The van der Waals surface area contributed by atoms with E-state index >= 15 is 0 Å². The van der Waals surface area contributed by atoms with Crippen molar-refractivity contribution >= 4 is 6.09 Å². The summed E-state index contributed by atoms with van der Waals surface area (Å²) in [5.41, 5.74) is 2.78. The maximum atomic E-state index is 10.9. The molecule has 0 aliphatic rings. The highest BCUT2D eigenvalue weighted by atomic mass is 16.4. The predicted molar refractivity (Wildman–Crippen MR) is 91.8 cm³/mol. The van der Waals surface area contributed by atoms with E-state index in [1.54, 1.807) is 6.20 Å². The van der Waals surface area contributed by atoms with Crippen LogP contribution in [0.3, 0.4) is 0 Å². The van der Waals surface area contributed by atoms with E-state index in [1.807, 2.05) is 66.7 Å². The maximum Gasteiger partial charge on any atom is 0.404 e. The minimum absolute atomic E-state index is 0.220. The normalized spacial score (nSPS) is 11.7. The van der Waals surface area contributed by atoms with Crippen molar-refractivity contribution in [3.8, 4) is 11.3 Å². The number of hydrogen-bond acceptors (Lipinski definition) is 3. The van der Waals surface area contributed by atoms with Crippen molar-refractivity contribution in [2.45, 2.75) is 5.92 Å². The van der Waals surface area contributed by atoms with Crippen LogP contribution >= 0.6 is 0 Å². The Labute approximate surface area is 140 Å². The minimum Gasteiger partial charge on any atom is -0.465 e. The van der Waals surface area contributed by atoms with Gasteiger partial charge in [0.25, 0.3) is 0 Å². The molecule has 0 fully saturated rings. The molecule has 1 aromatic heterocycles. The molecule has 0 aliphatic heterocycles. The molecule has 5 nitrogen and oxygen atoms in total. The van der Waals surface area contributed by atoms with Gasteiger partial charge in [-0.25, -0.2) is 14.8 Å². The number of carbonyl (C=O) groups is 1. The van der Waals surface area contributed by atoms with Crippen LogP contribution in [-0.2, 0) is 0 Å². The van der Waals surface area contributed by atoms with Gasteiger partial charge in [-0.3, -0.25) is 0 Å². The molecular formula is C19H17N3O2. The fourth-order valence-electron chi connectivity index (χ4n) is 2.54. The monoisotopic (exact) mass is 319 g/mol. The predicted octanol–water partition coefficient (Wildman–Crippen LogP) is 3.54. The second kappa shape index (κ2) is 7.37. The fraction of sp³-hybridized carbons (Fsp3) is 0.105. The van der Waals surface area contributed by atoms with Crippen LogP contribution < -0.4 is 5.32 Å². The summed E-state index contributed by atoms with van der Waals surface area (Å²) in [6, 6.07) is 21.4. The summed E-state index contributed by atoms with van der Waals surface area (Å²) in [4.78, 5) is 19.9. The third kappa shape index (κ3) is 3.76. The molecule has 0 radical (unpaired) electrons. The van der Waals surface area contributed by atoms with Crippen LogP contribution in [0.15, 0.2) is 72.9 Å². The van der Waals surface area contributed by atoms with Crippen molar-refractivity contribution in [3.05, 3.63) is 84.3 Å². The van der Waals surface area contributed by atoms with Crippen molar-refractivity contribution in [1.29, 1.82) is 0 Å². The number of aromatic nitrogens is 2. The standard InChI is InChI=1S/C19H17N3O2/c23-19(24)21-13-16(14-7-3-1-4-8-14)18-20-12-11-17(22-18)15-9-5-2-6-10-15/h1-12,16,21H,13H2,(H,23,24)/t16-/m0/s1. The average Bonchev–Trinajstić information content (AvgIpc) is 2.64. The van der Waals surface area contributed by atoms with Gasteiger partial charge in [0, 0.05) is 18.3 Å². The van der Waals surface area contributed by atoms with Gasteiger partial charge in [0.1, 0.15) is 5.82 Å². The summed E-state index contributed by atoms with van der Waals surface area (Å²) < 4.78 is 0. The van der Waals surface area contributed by atoms with Crippen LogP contribution in [0.4, 0.5) is 4.79 Å². The van der Waals surface area contributed by atoms with Gasteiger partial charge < -0.3 is 10.4 Å². The van der Waals surface area contributed by atoms with Crippen LogP contribution in [0.1, 0.15) is 17.3 Å². The molecule has 0 saturated heterocycles. The Morgan fingerprint density at radius 2 is 1.67 bits per heavy atom. The van der Waals surface area contributed by atoms with E-state index in [0.717, 1.165) is 16.8 Å². The molecule has 120 valence electrons. The Balaban J connectivity index is 1.97. The van der Waals surface area contributed by atoms with Crippen LogP contribution in [0, 0.1) is 0 Å². The molecule has 1 amide bonds. The van der Waals surface area contributed by atoms with Crippen molar-refractivity contribution in [2.75, 3.05) is 6.54 Å². The number of hydrogen-bond donors (Lipinski definition) is 2. The maximum absolute atomic E-state index is 10.9. The molecule has 3 aromatic rings. The lowest BCUT2D eigenvalue weighted by Gasteiger charge is -2.16. The Morgan fingerprint density at radius 1 is 1.00 bits per heavy atom. The molecule has 0 spiro atoms. The van der Waals surface area contributed by atoms with Crippen LogP contribution in [-0.4, -0.2) is 27.7 Å². The molecule has 1 heterocycles. The van der Waals surface area contributed by atoms with E-state index in [0.29, 0.717) is 5.82 Å². The van der Waals surface area contributed by atoms with E-state index in [1.165, 1.54) is 0 Å². The highest BCUT2D eigenvalue weighted by molar-refractivity contribution is 5.64. The van der Waals surface area contributed by atoms with Gasteiger partial charge >= 0.3 is 6.09 Å². The molecule has 0 saturated carbocycles. The summed E-state index contributed by atoms with van der Waals surface area (Å²) in [5, 5.41) is 11.4. The molecule has 5 heteroatoms. The molecule has 0 unspecified atom stereocenters. The number of carboxylic acid groups (broad SMARTS) is 1. The quantitative estimate of drug-likeness (QED) is 0.754.